The van der Waals surface area contributed by atoms with Gasteiger partial charge in [0.2, 0.25) is 0 Å². The summed E-state index contributed by atoms with van der Waals surface area (Å²) in [5.74, 6) is 0.798. The van der Waals surface area contributed by atoms with E-state index in [1.807, 2.05) is 0 Å². The number of rotatable bonds is 2. The number of hydrogen-bond acceptors (Lipinski definition) is 2. The molecule has 2 nitrogen and oxygen atoms in total. The van der Waals surface area contributed by atoms with E-state index in [-0.39, 0.29) is 0 Å². The molecule has 2 N–H and O–H groups in total. The summed E-state index contributed by atoms with van der Waals surface area (Å²) in [6.07, 6.45) is 10.8. The quantitative estimate of drug-likeness (QED) is 0.898. The van der Waals surface area contributed by atoms with Gasteiger partial charge < -0.3 is 5.73 Å². The summed E-state index contributed by atoms with van der Waals surface area (Å²) in [5.41, 5.74) is 7.77. The summed E-state index contributed by atoms with van der Waals surface area (Å²) in [6, 6.07) is 14.1. The lowest BCUT2D eigenvalue weighted by Gasteiger charge is -2.45. The first-order chi connectivity index (χ1) is 10.3. The average Bonchev–Trinajstić information content (AvgIpc) is 2.80. The van der Waals surface area contributed by atoms with Crippen LogP contribution in [0.1, 0.15) is 62.8 Å². The summed E-state index contributed by atoms with van der Waals surface area (Å²) < 4.78 is 0. The Morgan fingerprint density at radius 2 is 1.33 bits per heavy atom. The second-order valence-corrected chi connectivity index (χ2v) is 7.48. The van der Waals surface area contributed by atoms with Gasteiger partial charge in [-0.2, -0.15) is 0 Å². The SMILES string of the molecule is NC1CC2CCC(C1)N2C1CCC(c2ccccc2)CC1. The summed E-state index contributed by atoms with van der Waals surface area (Å²) in [7, 11) is 0. The van der Waals surface area contributed by atoms with Crippen molar-refractivity contribution in [1.29, 1.82) is 0 Å². The maximum atomic E-state index is 6.22. The van der Waals surface area contributed by atoms with Crippen LogP contribution in [-0.4, -0.2) is 29.1 Å². The van der Waals surface area contributed by atoms with Gasteiger partial charge in [0.1, 0.15) is 0 Å². The Morgan fingerprint density at radius 1 is 0.762 bits per heavy atom. The molecule has 1 aromatic carbocycles. The van der Waals surface area contributed by atoms with E-state index >= 15 is 0 Å². The minimum absolute atomic E-state index is 0.472. The summed E-state index contributed by atoms with van der Waals surface area (Å²) in [4.78, 5) is 2.89. The average molecular weight is 284 g/mol. The van der Waals surface area contributed by atoms with Gasteiger partial charge in [0.25, 0.3) is 0 Å². The smallest absolute Gasteiger partial charge is 0.0116 e. The Morgan fingerprint density at radius 3 is 1.95 bits per heavy atom. The first kappa shape index (κ1) is 13.8. The van der Waals surface area contributed by atoms with E-state index in [1.165, 1.54) is 51.4 Å². The van der Waals surface area contributed by atoms with Gasteiger partial charge in [-0.25, -0.2) is 0 Å². The first-order valence-corrected chi connectivity index (χ1v) is 8.89. The lowest BCUT2D eigenvalue weighted by Crippen LogP contribution is -2.52. The van der Waals surface area contributed by atoms with Gasteiger partial charge in [0.05, 0.1) is 0 Å². The van der Waals surface area contributed by atoms with Gasteiger partial charge in [-0.05, 0) is 62.8 Å². The fourth-order valence-corrected chi connectivity index (χ4v) is 5.28. The van der Waals surface area contributed by atoms with Gasteiger partial charge in [0.15, 0.2) is 0 Å². The zero-order valence-electron chi connectivity index (χ0n) is 13.0. The zero-order chi connectivity index (χ0) is 14.2. The Kier molecular flexibility index (Phi) is 3.76. The zero-order valence-corrected chi connectivity index (χ0v) is 13.0. The van der Waals surface area contributed by atoms with Crippen LogP contribution in [0.15, 0.2) is 30.3 Å². The molecule has 2 heterocycles. The molecule has 2 bridgehead atoms. The maximum absolute atomic E-state index is 6.22. The highest BCUT2D eigenvalue weighted by Gasteiger charge is 2.43. The van der Waals surface area contributed by atoms with E-state index in [2.05, 4.69) is 35.2 Å². The van der Waals surface area contributed by atoms with Crippen LogP contribution in [0.4, 0.5) is 0 Å². The van der Waals surface area contributed by atoms with Gasteiger partial charge in [-0.3, -0.25) is 4.90 Å². The molecule has 114 valence electrons. The second kappa shape index (κ2) is 5.73. The third-order valence-electron chi connectivity index (χ3n) is 6.22. The standard InChI is InChI=1S/C19H28N2/c20-16-12-18-10-11-19(13-16)21(18)17-8-6-15(7-9-17)14-4-2-1-3-5-14/h1-5,15-19H,6-13,20H2. The molecule has 0 amide bonds. The molecule has 0 spiro atoms. The van der Waals surface area contributed by atoms with Crippen molar-refractivity contribution in [2.24, 2.45) is 5.73 Å². The molecule has 2 unspecified atom stereocenters. The fraction of sp³-hybridized carbons (Fsp3) is 0.684. The van der Waals surface area contributed by atoms with Gasteiger partial charge >= 0.3 is 0 Å². The van der Waals surface area contributed by atoms with Crippen molar-refractivity contribution in [1.82, 2.24) is 4.90 Å². The Bertz CT molecular complexity index is 450. The van der Waals surface area contributed by atoms with Gasteiger partial charge in [-0.15, -0.1) is 0 Å². The van der Waals surface area contributed by atoms with Crippen LogP contribution in [0.25, 0.3) is 0 Å². The molecular formula is C19H28N2. The molecule has 2 aliphatic heterocycles. The molecule has 1 aliphatic carbocycles. The fourth-order valence-electron chi connectivity index (χ4n) is 5.28. The molecule has 2 atom stereocenters. The van der Waals surface area contributed by atoms with Crippen LogP contribution < -0.4 is 5.73 Å². The van der Waals surface area contributed by atoms with Crippen LogP contribution in [0.3, 0.4) is 0 Å². The van der Waals surface area contributed by atoms with E-state index in [9.17, 15) is 0 Å². The molecule has 4 rings (SSSR count). The molecule has 3 fully saturated rings. The predicted molar refractivity (Wildman–Crippen MR) is 87.3 cm³/mol. The summed E-state index contributed by atoms with van der Waals surface area (Å²) >= 11 is 0. The van der Waals surface area contributed by atoms with Crippen molar-refractivity contribution < 1.29 is 0 Å². The van der Waals surface area contributed by atoms with Crippen molar-refractivity contribution in [2.75, 3.05) is 0 Å². The molecule has 21 heavy (non-hydrogen) atoms. The van der Waals surface area contributed by atoms with Gasteiger partial charge in [0, 0.05) is 24.2 Å². The highest BCUT2D eigenvalue weighted by Crippen LogP contribution is 2.42. The third-order valence-corrected chi connectivity index (χ3v) is 6.22. The second-order valence-electron chi connectivity index (χ2n) is 7.48. The number of fused-ring (bicyclic) bond motifs is 2. The summed E-state index contributed by atoms with van der Waals surface area (Å²) in [6.45, 7) is 0. The number of nitrogens with zero attached hydrogens (tertiary/aromatic N) is 1. The molecule has 1 aromatic rings. The number of nitrogens with two attached hydrogens (primary N) is 1. The molecule has 1 saturated carbocycles. The van der Waals surface area contributed by atoms with E-state index in [1.54, 1.807) is 5.56 Å². The molecule has 2 saturated heterocycles. The van der Waals surface area contributed by atoms with Gasteiger partial charge in [-0.1, -0.05) is 30.3 Å². The van der Waals surface area contributed by atoms with Crippen LogP contribution in [0, 0.1) is 0 Å². The maximum Gasteiger partial charge on any atom is 0.0116 e. The molecular weight excluding hydrogens is 256 g/mol. The molecule has 2 heteroatoms. The van der Waals surface area contributed by atoms with E-state index in [0.29, 0.717) is 6.04 Å². The largest absolute Gasteiger partial charge is 0.328 e. The lowest BCUT2D eigenvalue weighted by atomic mass is 9.80. The van der Waals surface area contributed by atoms with Crippen LogP contribution >= 0.6 is 0 Å². The first-order valence-electron chi connectivity index (χ1n) is 8.89. The van der Waals surface area contributed by atoms with E-state index in [0.717, 1.165) is 24.0 Å². The van der Waals surface area contributed by atoms with Crippen molar-refractivity contribution in [3.05, 3.63) is 35.9 Å². The monoisotopic (exact) mass is 284 g/mol. The minimum atomic E-state index is 0.472. The van der Waals surface area contributed by atoms with Crippen LogP contribution in [0.5, 0.6) is 0 Å². The predicted octanol–water partition coefficient (Wildman–Crippen LogP) is 3.67. The van der Waals surface area contributed by atoms with Crippen molar-refractivity contribution in [3.63, 3.8) is 0 Å². The van der Waals surface area contributed by atoms with E-state index < -0.39 is 0 Å². The topological polar surface area (TPSA) is 29.3 Å². The number of piperidine rings is 1. The molecule has 0 radical (unpaired) electrons. The molecule has 0 aromatic heterocycles. The van der Waals surface area contributed by atoms with Crippen LogP contribution in [-0.2, 0) is 0 Å². The number of hydrogen-bond donors (Lipinski definition) is 1. The van der Waals surface area contributed by atoms with Crippen molar-refractivity contribution >= 4 is 0 Å². The Labute approximate surface area is 128 Å². The highest BCUT2D eigenvalue weighted by atomic mass is 15.3. The highest BCUT2D eigenvalue weighted by molar-refractivity contribution is 5.20. The normalized spacial score (nSPS) is 40.3. The Hall–Kier alpha value is -0.860. The Balaban J connectivity index is 1.40. The minimum Gasteiger partial charge on any atom is -0.328 e. The lowest BCUT2D eigenvalue weighted by molar-refractivity contribution is 0.0547. The van der Waals surface area contributed by atoms with Crippen LogP contribution in [0.2, 0.25) is 0 Å². The molecule has 3 aliphatic rings. The third kappa shape index (κ3) is 2.64. The van der Waals surface area contributed by atoms with Crippen molar-refractivity contribution in [3.8, 4) is 0 Å². The van der Waals surface area contributed by atoms with E-state index in [4.69, 9.17) is 5.73 Å². The van der Waals surface area contributed by atoms with Crippen molar-refractivity contribution in [2.45, 2.75) is 81.5 Å². The summed E-state index contributed by atoms with van der Waals surface area (Å²) in [5, 5.41) is 0. The number of benzene rings is 1.